The first-order valence-corrected chi connectivity index (χ1v) is 6.36. The van der Waals surface area contributed by atoms with Crippen molar-refractivity contribution >= 4 is 16.0 Å². The van der Waals surface area contributed by atoms with Gasteiger partial charge < -0.3 is 10.2 Å². The second-order valence-corrected chi connectivity index (χ2v) is 5.22. The maximum Gasteiger partial charge on any atom is 0.324 e. The Hall–Kier alpha value is -0.660. The van der Waals surface area contributed by atoms with E-state index in [1.165, 1.54) is 6.92 Å². The number of carboxylic acids is 1. The van der Waals surface area contributed by atoms with E-state index in [2.05, 4.69) is 0 Å². The minimum atomic E-state index is -3.62. The summed E-state index contributed by atoms with van der Waals surface area (Å²) in [5.41, 5.74) is 0. The quantitative estimate of drug-likeness (QED) is 0.557. The fourth-order valence-corrected chi connectivity index (χ4v) is 2.41. The van der Waals surface area contributed by atoms with Gasteiger partial charge in [-0.15, -0.1) is 0 Å². The number of aliphatic hydroxyl groups is 1. The van der Waals surface area contributed by atoms with Crippen LogP contribution in [0.1, 0.15) is 26.7 Å². The SMILES string of the molecule is CCCCS(=O)(=O)N[C@@H](C(=O)O)[C@H](C)O. The lowest BCUT2D eigenvalue weighted by Crippen LogP contribution is -2.48. The van der Waals surface area contributed by atoms with Crippen molar-refractivity contribution in [3.63, 3.8) is 0 Å². The number of rotatable bonds is 7. The van der Waals surface area contributed by atoms with Gasteiger partial charge in [-0.05, 0) is 13.3 Å². The summed E-state index contributed by atoms with van der Waals surface area (Å²) in [7, 11) is -3.62. The van der Waals surface area contributed by atoms with E-state index < -0.39 is 28.1 Å². The van der Waals surface area contributed by atoms with Crippen LogP contribution < -0.4 is 4.72 Å². The van der Waals surface area contributed by atoms with Crippen molar-refractivity contribution in [2.45, 2.75) is 38.8 Å². The van der Waals surface area contributed by atoms with Gasteiger partial charge in [0.05, 0.1) is 11.9 Å². The van der Waals surface area contributed by atoms with Gasteiger partial charge >= 0.3 is 5.97 Å². The van der Waals surface area contributed by atoms with E-state index in [-0.39, 0.29) is 5.75 Å². The topological polar surface area (TPSA) is 104 Å². The standard InChI is InChI=1S/C8H17NO5S/c1-3-4-5-15(13,14)9-7(6(2)10)8(11)12/h6-7,9-10H,3-5H2,1-2H3,(H,11,12)/t6-,7+/m0/s1. The second kappa shape index (κ2) is 6.04. The highest BCUT2D eigenvalue weighted by Crippen LogP contribution is 1.99. The zero-order chi connectivity index (χ0) is 12.1. The van der Waals surface area contributed by atoms with Crippen LogP contribution in [0.15, 0.2) is 0 Å². The minimum Gasteiger partial charge on any atom is -0.480 e. The zero-order valence-electron chi connectivity index (χ0n) is 8.80. The predicted molar refractivity (Wildman–Crippen MR) is 54.9 cm³/mol. The molecule has 0 spiro atoms. The largest absolute Gasteiger partial charge is 0.480 e. The molecule has 7 heteroatoms. The summed E-state index contributed by atoms with van der Waals surface area (Å²) in [4.78, 5) is 10.6. The van der Waals surface area contributed by atoms with Crippen LogP contribution in [0, 0.1) is 0 Å². The highest BCUT2D eigenvalue weighted by Gasteiger charge is 2.27. The number of aliphatic carboxylic acids is 1. The fraction of sp³-hybridized carbons (Fsp3) is 0.875. The van der Waals surface area contributed by atoms with Crippen LogP contribution in [-0.4, -0.2) is 42.5 Å². The molecule has 0 aromatic heterocycles. The average Bonchev–Trinajstić information content (AvgIpc) is 2.10. The van der Waals surface area contributed by atoms with Crippen molar-refractivity contribution in [3.05, 3.63) is 0 Å². The molecule has 0 heterocycles. The Kier molecular flexibility index (Phi) is 5.77. The number of hydrogen-bond acceptors (Lipinski definition) is 4. The van der Waals surface area contributed by atoms with Crippen molar-refractivity contribution in [1.29, 1.82) is 0 Å². The van der Waals surface area contributed by atoms with Crippen molar-refractivity contribution < 1.29 is 23.4 Å². The minimum absolute atomic E-state index is 0.125. The van der Waals surface area contributed by atoms with Gasteiger partial charge in [0, 0.05) is 0 Å². The van der Waals surface area contributed by atoms with Crippen LogP contribution in [0.25, 0.3) is 0 Å². The molecule has 3 N–H and O–H groups in total. The Bertz CT molecular complexity index is 298. The van der Waals surface area contributed by atoms with Gasteiger partial charge in [-0.2, -0.15) is 4.72 Å². The van der Waals surface area contributed by atoms with Gasteiger partial charge in [0.25, 0.3) is 0 Å². The molecule has 0 aliphatic heterocycles. The molecule has 0 unspecified atom stereocenters. The molecule has 15 heavy (non-hydrogen) atoms. The number of aliphatic hydroxyl groups excluding tert-OH is 1. The predicted octanol–water partition coefficient (Wildman–Crippen LogP) is -0.460. The zero-order valence-corrected chi connectivity index (χ0v) is 9.62. The molecule has 0 amide bonds. The Labute approximate surface area is 89.4 Å². The van der Waals surface area contributed by atoms with Crippen LogP contribution in [0.5, 0.6) is 0 Å². The van der Waals surface area contributed by atoms with E-state index >= 15 is 0 Å². The summed E-state index contributed by atoms with van der Waals surface area (Å²) in [6.07, 6.45) is -0.103. The molecule has 0 radical (unpaired) electrons. The molecular formula is C8H17NO5S. The Balaban J connectivity index is 4.46. The van der Waals surface area contributed by atoms with Gasteiger partial charge in [0.15, 0.2) is 0 Å². The summed E-state index contributed by atoms with van der Waals surface area (Å²) >= 11 is 0. The molecule has 0 aliphatic carbocycles. The summed E-state index contributed by atoms with van der Waals surface area (Å²) in [5, 5.41) is 17.7. The monoisotopic (exact) mass is 239 g/mol. The maximum absolute atomic E-state index is 11.3. The third-order valence-corrected chi connectivity index (χ3v) is 3.26. The summed E-state index contributed by atoms with van der Waals surface area (Å²) in [6, 6.07) is -1.48. The van der Waals surface area contributed by atoms with Crippen LogP contribution in [0.3, 0.4) is 0 Å². The van der Waals surface area contributed by atoms with E-state index in [9.17, 15) is 13.2 Å². The number of nitrogens with one attached hydrogen (secondary N) is 1. The lowest BCUT2D eigenvalue weighted by molar-refractivity contribution is -0.141. The Morgan fingerprint density at radius 1 is 1.47 bits per heavy atom. The van der Waals surface area contributed by atoms with Crippen LogP contribution in [0.4, 0.5) is 0 Å². The van der Waals surface area contributed by atoms with Crippen LogP contribution >= 0.6 is 0 Å². The molecule has 0 bridgehead atoms. The normalized spacial score (nSPS) is 15.9. The first kappa shape index (κ1) is 14.3. The maximum atomic E-state index is 11.3. The molecule has 0 saturated heterocycles. The smallest absolute Gasteiger partial charge is 0.324 e. The highest BCUT2D eigenvalue weighted by molar-refractivity contribution is 7.89. The first-order valence-electron chi connectivity index (χ1n) is 4.71. The summed E-state index contributed by atoms with van der Waals surface area (Å²) < 4.78 is 24.6. The first-order chi connectivity index (χ1) is 6.80. The third kappa shape index (κ3) is 5.71. The highest BCUT2D eigenvalue weighted by atomic mass is 32.2. The number of hydrogen-bond donors (Lipinski definition) is 3. The summed E-state index contributed by atoms with van der Waals surface area (Å²) in [6.45, 7) is 3.06. The molecule has 0 aromatic carbocycles. The van der Waals surface area contributed by atoms with E-state index in [1.54, 1.807) is 0 Å². The lowest BCUT2D eigenvalue weighted by atomic mass is 10.2. The lowest BCUT2D eigenvalue weighted by Gasteiger charge is -2.16. The molecule has 0 aromatic rings. The molecule has 90 valence electrons. The van der Waals surface area contributed by atoms with Gasteiger partial charge in [-0.3, -0.25) is 4.79 Å². The number of sulfonamides is 1. The fourth-order valence-electron chi connectivity index (χ4n) is 0.942. The van der Waals surface area contributed by atoms with Crippen molar-refractivity contribution in [1.82, 2.24) is 4.72 Å². The van der Waals surface area contributed by atoms with Gasteiger partial charge in [0.2, 0.25) is 10.0 Å². The van der Waals surface area contributed by atoms with Crippen molar-refractivity contribution in [2.75, 3.05) is 5.75 Å². The molecular weight excluding hydrogens is 222 g/mol. The molecule has 0 rings (SSSR count). The van der Waals surface area contributed by atoms with E-state index in [0.717, 1.165) is 0 Å². The molecule has 0 aliphatic rings. The van der Waals surface area contributed by atoms with Crippen LogP contribution in [0.2, 0.25) is 0 Å². The van der Waals surface area contributed by atoms with E-state index in [0.29, 0.717) is 12.8 Å². The molecule has 0 saturated carbocycles. The van der Waals surface area contributed by atoms with Crippen molar-refractivity contribution in [2.24, 2.45) is 0 Å². The van der Waals surface area contributed by atoms with Gasteiger partial charge in [0.1, 0.15) is 6.04 Å². The summed E-state index contributed by atoms with van der Waals surface area (Å²) in [5.74, 6) is -1.51. The van der Waals surface area contributed by atoms with E-state index in [1.807, 2.05) is 11.6 Å². The van der Waals surface area contributed by atoms with Gasteiger partial charge in [-0.25, -0.2) is 8.42 Å². The molecule has 6 nitrogen and oxygen atoms in total. The van der Waals surface area contributed by atoms with Crippen LogP contribution in [-0.2, 0) is 14.8 Å². The van der Waals surface area contributed by atoms with Crippen molar-refractivity contribution in [3.8, 4) is 0 Å². The third-order valence-electron chi connectivity index (χ3n) is 1.82. The molecule has 0 fully saturated rings. The number of unbranched alkanes of at least 4 members (excludes halogenated alkanes) is 1. The van der Waals surface area contributed by atoms with Gasteiger partial charge in [-0.1, -0.05) is 13.3 Å². The average molecular weight is 239 g/mol. The number of carboxylic acid groups (broad SMARTS) is 1. The molecule has 2 atom stereocenters. The second-order valence-electron chi connectivity index (χ2n) is 3.35. The van der Waals surface area contributed by atoms with E-state index in [4.69, 9.17) is 10.2 Å². The number of carbonyl (C=O) groups is 1. The Morgan fingerprint density at radius 3 is 2.33 bits per heavy atom. The Morgan fingerprint density at radius 2 is 2.00 bits per heavy atom.